The zero-order valence-corrected chi connectivity index (χ0v) is 12.3. The summed E-state index contributed by atoms with van der Waals surface area (Å²) in [6.45, 7) is 6.94. The minimum absolute atomic E-state index is 0.545. The lowest BCUT2D eigenvalue weighted by Gasteiger charge is -2.33. The van der Waals surface area contributed by atoms with E-state index in [9.17, 15) is 0 Å². The Morgan fingerprint density at radius 1 is 1.22 bits per heavy atom. The molecule has 0 radical (unpaired) electrons. The molecule has 1 nitrogen and oxygen atoms in total. The second kappa shape index (κ2) is 4.34. The summed E-state index contributed by atoms with van der Waals surface area (Å²) in [7, 11) is 0. The number of thiazole rings is 1. The first-order valence-electron chi connectivity index (χ1n) is 6.91. The van der Waals surface area contributed by atoms with Crippen molar-refractivity contribution in [3.05, 3.63) is 28.8 Å². The van der Waals surface area contributed by atoms with E-state index in [1.165, 1.54) is 46.5 Å². The quantitative estimate of drug-likeness (QED) is 0.678. The Morgan fingerprint density at radius 2 is 1.94 bits per heavy atom. The van der Waals surface area contributed by atoms with Gasteiger partial charge in [-0.25, -0.2) is 4.98 Å². The summed E-state index contributed by atoms with van der Waals surface area (Å²) < 4.78 is 1.36. The van der Waals surface area contributed by atoms with Gasteiger partial charge in [0.1, 0.15) is 0 Å². The number of aromatic nitrogens is 1. The van der Waals surface area contributed by atoms with Crippen LogP contribution in [0, 0.1) is 12.3 Å². The molecule has 1 aromatic carbocycles. The molecule has 1 aliphatic rings. The van der Waals surface area contributed by atoms with Crippen LogP contribution >= 0.6 is 11.3 Å². The predicted molar refractivity (Wildman–Crippen MR) is 79.3 cm³/mol. The van der Waals surface area contributed by atoms with Crippen molar-refractivity contribution in [2.45, 2.75) is 52.4 Å². The monoisotopic (exact) mass is 259 g/mol. The van der Waals surface area contributed by atoms with Crippen molar-refractivity contribution in [3.63, 3.8) is 0 Å². The SMILES string of the molecule is Cc1ccc2nc(C3CCC(C)(C)CC3)sc2c1. The normalized spacial score (nSPS) is 20.4. The highest BCUT2D eigenvalue weighted by Crippen LogP contribution is 2.44. The Bertz CT molecular complexity index is 557. The maximum absolute atomic E-state index is 4.84. The molecule has 96 valence electrons. The van der Waals surface area contributed by atoms with Crippen molar-refractivity contribution in [2.75, 3.05) is 0 Å². The summed E-state index contributed by atoms with van der Waals surface area (Å²) in [6.07, 6.45) is 5.30. The standard InChI is InChI=1S/C16H21NS/c1-11-4-5-13-14(10-11)18-15(17-13)12-6-8-16(2,3)9-7-12/h4-5,10,12H,6-9H2,1-3H3. The van der Waals surface area contributed by atoms with Crippen LogP contribution in [-0.2, 0) is 0 Å². The van der Waals surface area contributed by atoms with E-state index in [-0.39, 0.29) is 0 Å². The lowest BCUT2D eigenvalue weighted by Crippen LogP contribution is -2.20. The first-order chi connectivity index (χ1) is 8.53. The van der Waals surface area contributed by atoms with Crippen LogP contribution in [0.1, 0.15) is 56.0 Å². The number of benzene rings is 1. The van der Waals surface area contributed by atoms with Gasteiger partial charge >= 0.3 is 0 Å². The van der Waals surface area contributed by atoms with Crippen LogP contribution in [0.3, 0.4) is 0 Å². The summed E-state index contributed by atoms with van der Waals surface area (Å²) in [5.74, 6) is 0.704. The molecule has 0 saturated heterocycles. The molecule has 0 bridgehead atoms. The third-order valence-corrected chi connectivity index (χ3v) is 5.43. The Hall–Kier alpha value is -0.890. The van der Waals surface area contributed by atoms with Crippen molar-refractivity contribution >= 4 is 21.6 Å². The molecule has 0 amide bonds. The summed E-state index contributed by atoms with van der Waals surface area (Å²) in [5, 5.41) is 1.37. The third kappa shape index (κ3) is 2.31. The van der Waals surface area contributed by atoms with Crippen LogP contribution in [0.2, 0.25) is 0 Å². The van der Waals surface area contributed by atoms with Gasteiger partial charge in [0.15, 0.2) is 0 Å². The highest BCUT2D eigenvalue weighted by Gasteiger charge is 2.29. The van der Waals surface area contributed by atoms with E-state index < -0.39 is 0 Å². The molecular formula is C16H21NS. The minimum atomic E-state index is 0.545. The van der Waals surface area contributed by atoms with Crippen molar-refractivity contribution in [1.82, 2.24) is 4.98 Å². The van der Waals surface area contributed by atoms with E-state index in [4.69, 9.17) is 4.98 Å². The van der Waals surface area contributed by atoms with Gasteiger partial charge in [0.25, 0.3) is 0 Å². The maximum Gasteiger partial charge on any atom is 0.0969 e. The van der Waals surface area contributed by atoms with Crippen molar-refractivity contribution in [3.8, 4) is 0 Å². The smallest absolute Gasteiger partial charge is 0.0969 e. The van der Waals surface area contributed by atoms with Gasteiger partial charge in [-0.3, -0.25) is 0 Å². The molecule has 1 saturated carbocycles. The fraction of sp³-hybridized carbons (Fsp3) is 0.562. The molecule has 0 atom stereocenters. The average molecular weight is 259 g/mol. The lowest BCUT2D eigenvalue weighted by molar-refractivity contribution is 0.224. The van der Waals surface area contributed by atoms with Crippen LogP contribution in [0.25, 0.3) is 10.2 Å². The fourth-order valence-corrected chi connectivity index (χ4v) is 4.11. The van der Waals surface area contributed by atoms with E-state index in [1.54, 1.807) is 0 Å². The van der Waals surface area contributed by atoms with Gasteiger partial charge in [-0.1, -0.05) is 19.9 Å². The van der Waals surface area contributed by atoms with Crippen molar-refractivity contribution < 1.29 is 0 Å². The summed E-state index contributed by atoms with van der Waals surface area (Å²) >= 11 is 1.91. The molecule has 3 rings (SSSR count). The number of rotatable bonds is 1. The van der Waals surface area contributed by atoms with Gasteiger partial charge in [0, 0.05) is 5.92 Å². The molecule has 1 fully saturated rings. The van der Waals surface area contributed by atoms with Crippen LogP contribution in [0.4, 0.5) is 0 Å². The summed E-state index contributed by atoms with van der Waals surface area (Å²) in [6, 6.07) is 6.59. The topological polar surface area (TPSA) is 12.9 Å². The molecule has 2 heteroatoms. The second-order valence-electron chi connectivity index (χ2n) is 6.46. The molecule has 18 heavy (non-hydrogen) atoms. The molecule has 0 aliphatic heterocycles. The van der Waals surface area contributed by atoms with Gasteiger partial charge in [0.2, 0.25) is 0 Å². The second-order valence-corrected chi connectivity index (χ2v) is 7.52. The average Bonchev–Trinajstić information content (AvgIpc) is 2.71. The predicted octanol–water partition coefficient (Wildman–Crippen LogP) is 5.29. The van der Waals surface area contributed by atoms with Crippen molar-refractivity contribution in [2.24, 2.45) is 5.41 Å². The van der Waals surface area contributed by atoms with Crippen molar-refractivity contribution in [1.29, 1.82) is 0 Å². The van der Waals surface area contributed by atoms with Crippen LogP contribution in [-0.4, -0.2) is 4.98 Å². The highest BCUT2D eigenvalue weighted by atomic mass is 32.1. The lowest BCUT2D eigenvalue weighted by atomic mass is 9.73. The summed E-state index contributed by atoms with van der Waals surface area (Å²) in [5.41, 5.74) is 3.07. The first kappa shape index (κ1) is 12.2. The zero-order valence-electron chi connectivity index (χ0n) is 11.5. The number of nitrogens with zero attached hydrogens (tertiary/aromatic N) is 1. The Balaban J connectivity index is 1.87. The highest BCUT2D eigenvalue weighted by molar-refractivity contribution is 7.18. The Kier molecular flexibility index (Phi) is 2.93. The number of aryl methyl sites for hydroxylation is 1. The molecule has 2 aromatic rings. The van der Waals surface area contributed by atoms with Gasteiger partial charge in [-0.05, 0) is 55.7 Å². The van der Waals surface area contributed by atoms with E-state index in [0.29, 0.717) is 11.3 Å². The van der Waals surface area contributed by atoms with Gasteiger partial charge in [-0.2, -0.15) is 0 Å². The molecule has 0 unspecified atom stereocenters. The maximum atomic E-state index is 4.84. The van der Waals surface area contributed by atoms with Crippen LogP contribution in [0.15, 0.2) is 18.2 Å². The zero-order chi connectivity index (χ0) is 12.8. The molecule has 0 spiro atoms. The molecule has 0 N–H and O–H groups in total. The van der Waals surface area contributed by atoms with E-state index >= 15 is 0 Å². The van der Waals surface area contributed by atoms with Gasteiger partial charge < -0.3 is 0 Å². The fourth-order valence-electron chi connectivity index (χ4n) is 2.87. The van der Waals surface area contributed by atoms with E-state index in [1.807, 2.05) is 11.3 Å². The van der Waals surface area contributed by atoms with Gasteiger partial charge in [0.05, 0.1) is 15.2 Å². The van der Waals surface area contributed by atoms with Gasteiger partial charge in [-0.15, -0.1) is 11.3 Å². The van der Waals surface area contributed by atoms with Crippen LogP contribution in [0.5, 0.6) is 0 Å². The van der Waals surface area contributed by atoms with Crippen LogP contribution < -0.4 is 0 Å². The number of hydrogen-bond acceptors (Lipinski definition) is 2. The minimum Gasteiger partial charge on any atom is -0.241 e. The largest absolute Gasteiger partial charge is 0.241 e. The summed E-state index contributed by atoms with van der Waals surface area (Å²) in [4.78, 5) is 4.84. The molecule has 1 heterocycles. The third-order valence-electron chi connectivity index (χ3n) is 4.25. The Morgan fingerprint density at radius 3 is 2.67 bits per heavy atom. The molecule has 1 aliphatic carbocycles. The number of fused-ring (bicyclic) bond motifs is 1. The van der Waals surface area contributed by atoms with E-state index in [2.05, 4.69) is 39.0 Å². The Labute approximate surface area is 113 Å². The molecular weight excluding hydrogens is 238 g/mol. The molecule has 1 aromatic heterocycles. The number of hydrogen-bond donors (Lipinski definition) is 0. The first-order valence-corrected chi connectivity index (χ1v) is 7.72. The van der Waals surface area contributed by atoms with E-state index in [0.717, 1.165) is 0 Å².